The van der Waals surface area contributed by atoms with E-state index in [4.69, 9.17) is 23.2 Å². The summed E-state index contributed by atoms with van der Waals surface area (Å²) in [7, 11) is 0. The summed E-state index contributed by atoms with van der Waals surface area (Å²) in [6.45, 7) is 0. The summed E-state index contributed by atoms with van der Waals surface area (Å²) in [4.78, 5) is 0. The molecule has 0 radical (unpaired) electrons. The molecule has 0 nitrogen and oxygen atoms in total. The Morgan fingerprint density at radius 1 is 1.00 bits per heavy atom. The van der Waals surface area contributed by atoms with E-state index in [1.165, 1.54) is 12.8 Å². The van der Waals surface area contributed by atoms with Gasteiger partial charge in [-0.25, -0.2) is 0 Å². The van der Waals surface area contributed by atoms with Gasteiger partial charge in [-0.05, 0) is 24.7 Å². The molecule has 0 aromatic heterocycles. The van der Waals surface area contributed by atoms with Crippen LogP contribution in [0.5, 0.6) is 0 Å². The zero-order valence-corrected chi connectivity index (χ0v) is 7.41. The van der Waals surface area contributed by atoms with Crippen LogP contribution in [0.4, 0.5) is 0 Å². The predicted octanol–water partition coefficient (Wildman–Crippen LogP) is 3.05. The van der Waals surface area contributed by atoms with Gasteiger partial charge in [0.2, 0.25) is 0 Å². The molecule has 10 heavy (non-hydrogen) atoms. The largest absolute Gasteiger partial charge is 0.126 e. The first-order valence-corrected chi connectivity index (χ1v) is 4.74. The molecule has 0 spiro atoms. The maximum Gasteiger partial charge on any atom is 0.0286 e. The van der Waals surface area contributed by atoms with Crippen molar-refractivity contribution in [2.75, 3.05) is 11.8 Å². The molecule has 0 aromatic carbocycles. The molecule has 0 heterocycles. The van der Waals surface area contributed by atoms with E-state index >= 15 is 0 Å². The van der Waals surface area contributed by atoms with Gasteiger partial charge in [0.1, 0.15) is 0 Å². The van der Waals surface area contributed by atoms with Gasteiger partial charge in [-0.15, -0.1) is 23.2 Å². The molecule has 0 saturated heterocycles. The van der Waals surface area contributed by atoms with Gasteiger partial charge < -0.3 is 0 Å². The number of allylic oxidation sites excluding steroid dienone is 2. The van der Waals surface area contributed by atoms with Gasteiger partial charge in [-0.2, -0.15) is 0 Å². The van der Waals surface area contributed by atoms with E-state index in [9.17, 15) is 0 Å². The smallest absolute Gasteiger partial charge is 0.0286 e. The lowest BCUT2D eigenvalue weighted by Gasteiger charge is -2.18. The predicted molar refractivity (Wildman–Crippen MR) is 46.8 cm³/mol. The normalized spacial score (nSPS) is 32.6. The summed E-state index contributed by atoms with van der Waals surface area (Å²) in [6.07, 6.45) is 6.81. The Hall–Kier alpha value is 0.320. The van der Waals surface area contributed by atoms with Crippen LogP contribution in [0.2, 0.25) is 0 Å². The number of halogens is 2. The Morgan fingerprint density at radius 3 is 1.60 bits per heavy atom. The molecular formula is C8H12Cl2. The number of alkyl halides is 2. The molecule has 0 unspecified atom stereocenters. The quantitative estimate of drug-likeness (QED) is 0.451. The van der Waals surface area contributed by atoms with Gasteiger partial charge in [0, 0.05) is 11.8 Å². The van der Waals surface area contributed by atoms with Crippen molar-refractivity contribution in [1.29, 1.82) is 0 Å². The van der Waals surface area contributed by atoms with Crippen LogP contribution < -0.4 is 0 Å². The van der Waals surface area contributed by atoms with E-state index in [0.29, 0.717) is 11.8 Å². The minimum Gasteiger partial charge on any atom is -0.126 e. The van der Waals surface area contributed by atoms with Crippen molar-refractivity contribution in [1.82, 2.24) is 0 Å². The minimum absolute atomic E-state index is 0.598. The average Bonchev–Trinajstić information content (AvgIpc) is 2.05. The molecule has 1 rings (SSSR count). The molecule has 0 aliphatic heterocycles. The molecular weight excluding hydrogens is 167 g/mol. The van der Waals surface area contributed by atoms with Gasteiger partial charge in [0.05, 0.1) is 0 Å². The molecule has 2 atom stereocenters. The first-order valence-electron chi connectivity index (χ1n) is 3.67. The number of hydrogen-bond donors (Lipinski definition) is 0. The summed E-state index contributed by atoms with van der Waals surface area (Å²) in [6, 6.07) is 0. The topological polar surface area (TPSA) is 0 Å². The second kappa shape index (κ2) is 4.25. The highest BCUT2D eigenvalue weighted by Gasteiger charge is 2.13. The molecule has 0 N–H and O–H groups in total. The summed E-state index contributed by atoms with van der Waals surface area (Å²) >= 11 is 11.4. The van der Waals surface area contributed by atoms with Crippen LogP contribution in [0.1, 0.15) is 12.8 Å². The molecule has 58 valence electrons. The van der Waals surface area contributed by atoms with Crippen molar-refractivity contribution in [3.63, 3.8) is 0 Å². The monoisotopic (exact) mass is 178 g/mol. The summed E-state index contributed by atoms with van der Waals surface area (Å²) < 4.78 is 0. The molecule has 2 heteroatoms. The Labute approximate surface area is 72.2 Å². The summed E-state index contributed by atoms with van der Waals surface area (Å²) in [5.74, 6) is 2.71. The average molecular weight is 179 g/mol. The maximum atomic E-state index is 5.69. The van der Waals surface area contributed by atoms with Crippen molar-refractivity contribution in [3.05, 3.63) is 12.2 Å². The fraction of sp³-hybridized carbons (Fsp3) is 0.750. The second-order valence-corrected chi connectivity index (χ2v) is 3.41. The molecule has 0 fully saturated rings. The van der Waals surface area contributed by atoms with Gasteiger partial charge in [-0.1, -0.05) is 12.2 Å². The molecule has 0 amide bonds. The zero-order chi connectivity index (χ0) is 7.40. The van der Waals surface area contributed by atoms with Crippen LogP contribution in [0.15, 0.2) is 12.2 Å². The third-order valence-electron chi connectivity index (χ3n) is 1.96. The Bertz CT molecular complexity index is 106. The van der Waals surface area contributed by atoms with Crippen LogP contribution in [0.25, 0.3) is 0 Å². The lowest BCUT2D eigenvalue weighted by Crippen LogP contribution is -2.10. The summed E-state index contributed by atoms with van der Waals surface area (Å²) in [5, 5.41) is 0. The van der Waals surface area contributed by atoms with E-state index in [1.807, 2.05) is 0 Å². The van der Waals surface area contributed by atoms with Gasteiger partial charge in [-0.3, -0.25) is 0 Å². The van der Waals surface area contributed by atoms with Crippen molar-refractivity contribution >= 4 is 23.2 Å². The van der Waals surface area contributed by atoms with E-state index in [-0.39, 0.29) is 0 Å². The van der Waals surface area contributed by atoms with E-state index in [2.05, 4.69) is 12.2 Å². The molecule has 0 aromatic rings. The highest BCUT2D eigenvalue weighted by Crippen LogP contribution is 2.23. The van der Waals surface area contributed by atoms with Crippen LogP contribution in [-0.2, 0) is 0 Å². The first-order chi connectivity index (χ1) is 4.86. The Kier molecular flexibility index (Phi) is 3.58. The fourth-order valence-electron chi connectivity index (χ4n) is 1.19. The Balaban J connectivity index is 2.36. The number of hydrogen-bond acceptors (Lipinski definition) is 0. The van der Waals surface area contributed by atoms with Crippen molar-refractivity contribution in [2.45, 2.75) is 12.8 Å². The van der Waals surface area contributed by atoms with E-state index < -0.39 is 0 Å². The lowest BCUT2D eigenvalue weighted by molar-refractivity contribution is 0.509. The van der Waals surface area contributed by atoms with Gasteiger partial charge >= 0.3 is 0 Å². The van der Waals surface area contributed by atoms with Crippen LogP contribution in [-0.4, -0.2) is 11.8 Å². The molecule has 1 aliphatic carbocycles. The van der Waals surface area contributed by atoms with E-state index in [0.717, 1.165) is 11.8 Å². The Morgan fingerprint density at radius 2 is 1.40 bits per heavy atom. The summed E-state index contributed by atoms with van der Waals surface area (Å²) in [5.41, 5.74) is 0. The van der Waals surface area contributed by atoms with Crippen LogP contribution in [0, 0.1) is 11.8 Å². The second-order valence-electron chi connectivity index (χ2n) is 2.79. The highest BCUT2D eigenvalue weighted by atomic mass is 35.5. The third kappa shape index (κ3) is 2.17. The zero-order valence-electron chi connectivity index (χ0n) is 5.89. The van der Waals surface area contributed by atoms with Crippen LogP contribution in [0.3, 0.4) is 0 Å². The van der Waals surface area contributed by atoms with Gasteiger partial charge in [0.15, 0.2) is 0 Å². The molecule has 0 bridgehead atoms. The molecule has 0 saturated carbocycles. The van der Waals surface area contributed by atoms with Crippen molar-refractivity contribution in [2.24, 2.45) is 11.8 Å². The highest BCUT2D eigenvalue weighted by molar-refractivity contribution is 6.18. The molecule has 1 aliphatic rings. The van der Waals surface area contributed by atoms with Crippen molar-refractivity contribution < 1.29 is 0 Å². The third-order valence-corrected chi connectivity index (χ3v) is 2.75. The maximum absolute atomic E-state index is 5.69. The first kappa shape index (κ1) is 8.42. The standard InChI is InChI=1S/C8H12Cl2/c9-5-7-1-2-8(6-10)4-3-7/h1-2,7-8H,3-6H2/t7-,8+. The SMILES string of the molecule is ClC[C@H]1C=C[C@@H](CCl)CC1. The van der Waals surface area contributed by atoms with E-state index in [1.54, 1.807) is 0 Å². The van der Waals surface area contributed by atoms with Crippen molar-refractivity contribution in [3.8, 4) is 0 Å². The fourth-order valence-corrected chi connectivity index (χ4v) is 1.71. The lowest BCUT2D eigenvalue weighted by atomic mass is 9.91. The minimum atomic E-state index is 0.598. The number of rotatable bonds is 2. The van der Waals surface area contributed by atoms with Crippen LogP contribution >= 0.6 is 23.2 Å². The van der Waals surface area contributed by atoms with Gasteiger partial charge in [0.25, 0.3) is 0 Å².